The first-order valence-electron chi connectivity index (χ1n) is 12.4. The molecule has 1 saturated heterocycles. The third-order valence-corrected chi connectivity index (χ3v) is 8.13. The first-order chi connectivity index (χ1) is 17.1. The van der Waals surface area contributed by atoms with Crippen LogP contribution in [0.25, 0.3) is 10.2 Å². The molecule has 8 nitrogen and oxygen atoms in total. The summed E-state index contributed by atoms with van der Waals surface area (Å²) in [5.74, 6) is 0.951. The predicted molar refractivity (Wildman–Crippen MR) is 142 cm³/mol. The molecule has 1 fully saturated rings. The normalized spacial score (nSPS) is 20.8. The van der Waals surface area contributed by atoms with Crippen LogP contribution in [0.3, 0.4) is 0 Å². The van der Waals surface area contributed by atoms with Crippen LogP contribution in [0.15, 0.2) is 47.6 Å². The van der Waals surface area contributed by atoms with E-state index in [1.165, 1.54) is 15.8 Å². The minimum atomic E-state index is 0.185. The number of hydrogen-bond donors (Lipinski definition) is 2. The molecule has 0 bridgehead atoms. The smallest absolute Gasteiger partial charge is 0.320 e. The standard InChI is InChI=1S/C26H31N7OS/c1-31-9-2-10-32(14-13-31)26(34)33-11-6-18(7-12-33)23-16-20-21(5-8-27-25(20)30-23)29-19-3-4-22-24(15-19)35-17-28-22/h3-6,8,15,17,23H,2,7,9-14,16H2,1H3,(H2,27,29,30). The summed E-state index contributed by atoms with van der Waals surface area (Å²) in [6, 6.07) is 8.75. The number of nitrogens with one attached hydrogen (secondary N) is 2. The van der Waals surface area contributed by atoms with E-state index < -0.39 is 0 Å². The van der Waals surface area contributed by atoms with Gasteiger partial charge in [0.25, 0.3) is 0 Å². The third-order valence-electron chi connectivity index (χ3n) is 7.34. The van der Waals surface area contributed by atoms with Crippen molar-refractivity contribution in [2.24, 2.45) is 0 Å². The van der Waals surface area contributed by atoms with Gasteiger partial charge < -0.3 is 25.3 Å². The maximum absolute atomic E-state index is 13.1. The fourth-order valence-corrected chi connectivity index (χ4v) is 6.00. The fraction of sp³-hybridized carbons (Fsp3) is 0.423. The number of carbonyl (C=O) groups is 1. The molecule has 6 rings (SSSR count). The van der Waals surface area contributed by atoms with Gasteiger partial charge in [0.15, 0.2) is 0 Å². The molecule has 0 radical (unpaired) electrons. The molecule has 3 aliphatic heterocycles. The van der Waals surface area contributed by atoms with Crippen LogP contribution < -0.4 is 10.6 Å². The van der Waals surface area contributed by atoms with E-state index in [4.69, 9.17) is 0 Å². The zero-order chi connectivity index (χ0) is 23.8. The number of likely N-dealkylation sites (N-methyl/N-ethyl adjacent to an activating group) is 1. The lowest BCUT2D eigenvalue weighted by Crippen LogP contribution is -2.46. The van der Waals surface area contributed by atoms with Crippen LogP contribution in [-0.2, 0) is 6.42 Å². The van der Waals surface area contributed by atoms with Crippen LogP contribution in [0.1, 0.15) is 18.4 Å². The summed E-state index contributed by atoms with van der Waals surface area (Å²) in [4.78, 5) is 28.4. The maximum Gasteiger partial charge on any atom is 0.320 e. The van der Waals surface area contributed by atoms with Crippen molar-refractivity contribution in [1.82, 2.24) is 24.7 Å². The second kappa shape index (κ2) is 9.47. The molecule has 182 valence electrons. The number of benzene rings is 1. The zero-order valence-electron chi connectivity index (χ0n) is 20.0. The average Bonchev–Trinajstić information content (AvgIpc) is 3.47. The molecule has 0 saturated carbocycles. The van der Waals surface area contributed by atoms with Gasteiger partial charge in [0.05, 0.1) is 21.8 Å². The van der Waals surface area contributed by atoms with Crippen molar-refractivity contribution in [3.05, 3.63) is 53.2 Å². The molecule has 5 heterocycles. The summed E-state index contributed by atoms with van der Waals surface area (Å²) < 4.78 is 1.18. The lowest BCUT2D eigenvalue weighted by atomic mass is 9.97. The number of nitrogens with zero attached hydrogens (tertiary/aromatic N) is 5. The van der Waals surface area contributed by atoms with Crippen molar-refractivity contribution in [3.63, 3.8) is 0 Å². The number of carbonyl (C=O) groups excluding carboxylic acids is 1. The molecule has 0 spiro atoms. The molecule has 0 aliphatic carbocycles. The monoisotopic (exact) mass is 489 g/mol. The number of amides is 2. The van der Waals surface area contributed by atoms with Gasteiger partial charge in [-0.05, 0) is 56.3 Å². The van der Waals surface area contributed by atoms with Gasteiger partial charge >= 0.3 is 6.03 Å². The number of rotatable bonds is 3. The van der Waals surface area contributed by atoms with E-state index in [0.29, 0.717) is 6.54 Å². The second-order valence-electron chi connectivity index (χ2n) is 9.65. The summed E-state index contributed by atoms with van der Waals surface area (Å²) >= 11 is 1.65. The summed E-state index contributed by atoms with van der Waals surface area (Å²) in [7, 11) is 2.13. The Balaban J connectivity index is 1.11. The van der Waals surface area contributed by atoms with Crippen molar-refractivity contribution in [1.29, 1.82) is 0 Å². The highest BCUT2D eigenvalue weighted by Crippen LogP contribution is 2.36. The van der Waals surface area contributed by atoms with E-state index in [1.54, 1.807) is 11.3 Å². The predicted octanol–water partition coefficient (Wildman–Crippen LogP) is 4.16. The fourth-order valence-electron chi connectivity index (χ4n) is 5.29. The van der Waals surface area contributed by atoms with Crippen LogP contribution in [0, 0.1) is 0 Å². The van der Waals surface area contributed by atoms with E-state index in [1.807, 2.05) is 27.6 Å². The van der Waals surface area contributed by atoms with Crippen LogP contribution in [-0.4, -0.2) is 83.1 Å². The van der Waals surface area contributed by atoms with E-state index >= 15 is 0 Å². The van der Waals surface area contributed by atoms with Crippen LogP contribution in [0.2, 0.25) is 0 Å². The van der Waals surface area contributed by atoms with Crippen LogP contribution in [0.5, 0.6) is 0 Å². The first-order valence-corrected chi connectivity index (χ1v) is 13.3. The average molecular weight is 490 g/mol. The number of thiazole rings is 1. The SMILES string of the molecule is CN1CCCN(C(=O)N2CC=C(C3Cc4c(Nc5ccc6ncsc6c5)ccnc4N3)CC2)CC1. The van der Waals surface area contributed by atoms with Gasteiger partial charge in [-0.2, -0.15) is 0 Å². The maximum atomic E-state index is 13.1. The summed E-state index contributed by atoms with van der Waals surface area (Å²) in [6.45, 7) is 5.15. The molecular weight excluding hydrogens is 458 g/mol. The highest BCUT2D eigenvalue weighted by molar-refractivity contribution is 7.16. The Bertz CT molecular complexity index is 1270. The Morgan fingerprint density at radius 3 is 2.94 bits per heavy atom. The molecular formula is C26H31N7OS. The molecule has 3 aromatic rings. The van der Waals surface area contributed by atoms with Crippen molar-refractivity contribution in [2.45, 2.75) is 25.3 Å². The molecule has 2 aromatic heterocycles. The molecule has 9 heteroatoms. The van der Waals surface area contributed by atoms with Crippen molar-refractivity contribution in [3.8, 4) is 0 Å². The zero-order valence-corrected chi connectivity index (χ0v) is 20.9. The highest BCUT2D eigenvalue weighted by atomic mass is 32.1. The van der Waals surface area contributed by atoms with Gasteiger partial charge in [0, 0.05) is 62.3 Å². The molecule has 3 aliphatic rings. The molecule has 1 atom stereocenters. The van der Waals surface area contributed by atoms with Crippen molar-refractivity contribution in [2.75, 3.05) is 56.9 Å². The van der Waals surface area contributed by atoms with E-state index in [0.717, 1.165) is 74.7 Å². The van der Waals surface area contributed by atoms with E-state index in [2.05, 4.69) is 56.8 Å². The summed E-state index contributed by atoms with van der Waals surface area (Å²) in [5.41, 5.74) is 7.65. The lowest BCUT2D eigenvalue weighted by Gasteiger charge is -2.33. The highest BCUT2D eigenvalue weighted by Gasteiger charge is 2.30. The molecule has 2 amide bonds. The Labute approximate surface area is 209 Å². The van der Waals surface area contributed by atoms with Gasteiger partial charge in [0.1, 0.15) is 5.82 Å². The Hall–Kier alpha value is -3.17. The Morgan fingerprint density at radius 1 is 1.11 bits per heavy atom. The number of aromatic nitrogens is 2. The molecule has 35 heavy (non-hydrogen) atoms. The molecule has 1 aromatic carbocycles. The topological polar surface area (TPSA) is 76.6 Å². The quantitative estimate of drug-likeness (QED) is 0.538. The minimum Gasteiger partial charge on any atom is -0.363 e. The van der Waals surface area contributed by atoms with E-state index in [9.17, 15) is 4.79 Å². The molecule has 2 N–H and O–H groups in total. The minimum absolute atomic E-state index is 0.185. The van der Waals surface area contributed by atoms with Gasteiger partial charge in [-0.3, -0.25) is 0 Å². The number of pyridine rings is 1. The van der Waals surface area contributed by atoms with Gasteiger partial charge in [-0.1, -0.05) is 6.08 Å². The number of anilines is 3. The lowest BCUT2D eigenvalue weighted by molar-refractivity contribution is 0.157. The number of urea groups is 1. The van der Waals surface area contributed by atoms with E-state index in [-0.39, 0.29) is 12.1 Å². The number of fused-ring (bicyclic) bond motifs is 2. The first kappa shape index (κ1) is 22.3. The summed E-state index contributed by atoms with van der Waals surface area (Å²) in [6.07, 6.45) is 6.95. The Morgan fingerprint density at radius 2 is 2.06 bits per heavy atom. The van der Waals surface area contributed by atoms with Crippen LogP contribution in [0.4, 0.5) is 22.0 Å². The van der Waals surface area contributed by atoms with Crippen molar-refractivity contribution < 1.29 is 4.79 Å². The van der Waals surface area contributed by atoms with Crippen LogP contribution >= 0.6 is 11.3 Å². The largest absolute Gasteiger partial charge is 0.363 e. The molecule has 1 unspecified atom stereocenters. The Kier molecular flexibility index (Phi) is 6.03. The number of hydrogen-bond acceptors (Lipinski definition) is 7. The second-order valence-corrected chi connectivity index (χ2v) is 10.5. The van der Waals surface area contributed by atoms with Gasteiger partial charge in [-0.15, -0.1) is 11.3 Å². The third kappa shape index (κ3) is 4.58. The van der Waals surface area contributed by atoms with Crippen molar-refractivity contribution >= 4 is 44.8 Å². The van der Waals surface area contributed by atoms with Gasteiger partial charge in [0.2, 0.25) is 0 Å². The van der Waals surface area contributed by atoms with Gasteiger partial charge in [-0.25, -0.2) is 14.8 Å². The summed E-state index contributed by atoms with van der Waals surface area (Å²) in [5, 5.41) is 7.22.